The Kier molecular flexibility index (Phi) is 5.50. The molecule has 1 saturated heterocycles. The summed E-state index contributed by atoms with van der Waals surface area (Å²) in [7, 11) is 1.54. The minimum absolute atomic E-state index is 0.119. The van der Waals surface area contributed by atoms with Crippen molar-refractivity contribution in [2.45, 2.75) is 6.04 Å². The summed E-state index contributed by atoms with van der Waals surface area (Å²) in [6, 6.07) is 18.2. The summed E-state index contributed by atoms with van der Waals surface area (Å²) in [6.45, 7) is 0. The summed E-state index contributed by atoms with van der Waals surface area (Å²) < 4.78 is 6.00. The topological polar surface area (TPSA) is 123 Å². The molecular weight excluding hydrogens is 470 g/mol. The van der Waals surface area contributed by atoms with Crippen molar-refractivity contribution in [2.75, 3.05) is 12.0 Å². The number of rotatable bonds is 5. The zero-order valence-corrected chi connectivity index (χ0v) is 19.1. The number of carbonyl (C=O) groups is 2. The Hall–Kier alpha value is -4.57. The number of ether oxygens (including phenoxy) is 1. The molecule has 10 heteroatoms. The molecule has 2 heterocycles. The fourth-order valence-corrected chi connectivity index (χ4v) is 5.02. The molecular formula is C25H17N3O6S. The first kappa shape index (κ1) is 22.2. The summed E-state index contributed by atoms with van der Waals surface area (Å²) in [6.07, 6.45) is 0. The Balaban J connectivity index is 1.71. The van der Waals surface area contributed by atoms with Gasteiger partial charge in [-0.2, -0.15) is 0 Å². The molecule has 1 fully saturated rings. The van der Waals surface area contributed by atoms with Gasteiger partial charge in [-0.1, -0.05) is 41.7 Å². The lowest BCUT2D eigenvalue weighted by Crippen LogP contribution is -2.29. The quantitative estimate of drug-likeness (QED) is 0.140. The number of ketones is 1. The highest BCUT2D eigenvalue weighted by Crippen LogP contribution is 2.44. The standard InChI is InChI=1S/C25H17N3O6S/c1-34-17-11-12-18-19(13-17)35-25(26-18)27-21(14-7-9-16(10-8-14)28(32)33)20(23(30)24(27)31)22(29)15-5-3-2-4-6-15/h2-13,21,29H,1H3/t21-/m1/s1. The lowest BCUT2D eigenvalue weighted by atomic mass is 9.95. The number of anilines is 1. The number of amides is 1. The second kappa shape index (κ2) is 8.65. The van der Waals surface area contributed by atoms with E-state index in [9.17, 15) is 24.8 Å². The Labute approximate surface area is 202 Å². The zero-order chi connectivity index (χ0) is 24.7. The predicted molar refractivity (Wildman–Crippen MR) is 130 cm³/mol. The molecule has 0 radical (unpaired) electrons. The van der Waals surface area contributed by atoms with E-state index in [1.807, 2.05) is 0 Å². The van der Waals surface area contributed by atoms with Crippen molar-refractivity contribution < 1.29 is 24.4 Å². The lowest BCUT2D eigenvalue weighted by Gasteiger charge is -2.22. The van der Waals surface area contributed by atoms with Crippen LogP contribution in [0.2, 0.25) is 0 Å². The fourth-order valence-electron chi connectivity index (χ4n) is 4.00. The molecule has 0 bridgehead atoms. The Bertz CT molecular complexity index is 1510. The number of non-ortho nitro benzene ring substituents is 1. The lowest BCUT2D eigenvalue weighted by molar-refractivity contribution is -0.384. The van der Waals surface area contributed by atoms with Gasteiger partial charge in [-0.05, 0) is 35.9 Å². The monoisotopic (exact) mass is 487 g/mol. The average molecular weight is 487 g/mol. The van der Waals surface area contributed by atoms with Gasteiger partial charge in [0.25, 0.3) is 11.5 Å². The van der Waals surface area contributed by atoms with E-state index in [1.165, 1.54) is 40.5 Å². The van der Waals surface area contributed by atoms with Crippen LogP contribution in [0.3, 0.4) is 0 Å². The number of aliphatic hydroxyl groups excluding tert-OH is 1. The molecule has 3 aromatic carbocycles. The van der Waals surface area contributed by atoms with Crippen LogP contribution in [0.1, 0.15) is 17.2 Å². The maximum Gasteiger partial charge on any atom is 0.301 e. The number of thiazole rings is 1. The van der Waals surface area contributed by atoms with E-state index in [0.29, 0.717) is 22.4 Å². The van der Waals surface area contributed by atoms with Gasteiger partial charge in [0, 0.05) is 17.7 Å². The molecule has 5 rings (SSSR count). The van der Waals surface area contributed by atoms with E-state index < -0.39 is 22.7 Å². The number of benzene rings is 3. The molecule has 35 heavy (non-hydrogen) atoms. The van der Waals surface area contributed by atoms with Crippen LogP contribution in [-0.2, 0) is 9.59 Å². The third kappa shape index (κ3) is 3.79. The van der Waals surface area contributed by atoms with Gasteiger partial charge in [0.15, 0.2) is 5.13 Å². The number of nitrogens with zero attached hydrogens (tertiary/aromatic N) is 3. The van der Waals surface area contributed by atoms with Crippen LogP contribution >= 0.6 is 11.3 Å². The van der Waals surface area contributed by atoms with Crippen molar-refractivity contribution in [3.63, 3.8) is 0 Å². The first-order chi connectivity index (χ1) is 16.9. The van der Waals surface area contributed by atoms with E-state index in [-0.39, 0.29) is 22.2 Å². The highest BCUT2D eigenvalue weighted by molar-refractivity contribution is 7.22. The molecule has 1 amide bonds. The van der Waals surface area contributed by atoms with Gasteiger partial charge in [0.2, 0.25) is 0 Å². The summed E-state index contributed by atoms with van der Waals surface area (Å²) in [5, 5.41) is 22.5. The van der Waals surface area contributed by atoms with Crippen LogP contribution in [0.4, 0.5) is 10.8 Å². The van der Waals surface area contributed by atoms with E-state index >= 15 is 0 Å². The Morgan fingerprint density at radius 2 is 1.80 bits per heavy atom. The van der Waals surface area contributed by atoms with Gasteiger partial charge in [0.05, 0.1) is 33.9 Å². The van der Waals surface area contributed by atoms with E-state index in [2.05, 4.69) is 4.98 Å². The molecule has 0 unspecified atom stereocenters. The number of nitro groups is 1. The molecule has 1 N–H and O–H groups in total. The summed E-state index contributed by atoms with van der Waals surface area (Å²) >= 11 is 1.20. The number of aromatic nitrogens is 1. The summed E-state index contributed by atoms with van der Waals surface area (Å²) in [4.78, 5) is 42.9. The van der Waals surface area contributed by atoms with Gasteiger partial charge < -0.3 is 9.84 Å². The molecule has 4 aromatic rings. The first-order valence-electron chi connectivity index (χ1n) is 10.4. The Morgan fingerprint density at radius 3 is 2.46 bits per heavy atom. The molecule has 1 aromatic heterocycles. The second-order valence-electron chi connectivity index (χ2n) is 7.71. The number of nitro benzene ring substituents is 1. The molecule has 1 aliphatic heterocycles. The van der Waals surface area contributed by atoms with Crippen molar-refractivity contribution >= 4 is 49.8 Å². The molecule has 174 valence electrons. The van der Waals surface area contributed by atoms with Crippen LogP contribution in [0.5, 0.6) is 5.75 Å². The van der Waals surface area contributed by atoms with Gasteiger partial charge >= 0.3 is 5.91 Å². The number of hydrogen-bond acceptors (Lipinski definition) is 8. The molecule has 1 atom stereocenters. The van der Waals surface area contributed by atoms with Crippen molar-refractivity contribution in [1.82, 2.24) is 4.98 Å². The molecule has 9 nitrogen and oxygen atoms in total. The second-order valence-corrected chi connectivity index (χ2v) is 8.72. The van der Waals surface area contributed by atoms with E-state index in [1.54, 1.807) is 55.6 Å². The fraction of sp³-hybridized carbons (Fsp3) is 0.0800. The number of carbonyl (C=O) groups excluding carboxylic acids is 2. The minimum atomic E-state index is -1.03. The van der Waals surface area contributed by atoms with Crippen LogP contribution in [0.25, 0.3) is 16.0 Å². The van der Waals surface area contributed by atoms with Crippen LogP contribution in [0, 0.1) is 10.1 Å². The van der Waals surface area contributed by atoms with Crippen molar-refractivity contribution in [3.8, 4) is 5.75 Å². The molecule has 1 aliphatic rings. The van der Waals surface area contributed by atoms with Crippen LogP contribution in [-0.4, -0.2) is 33.8 Å². The highest BCUT2D eigenvalue weighted by atomic mass is 32.1. The van der Waals surface area contributed by atoms with Gasteiger partial charge in [-0.15, -0.1) is 0 Å². The normalized spacial score (nSPS) is 17.2. The van der Waals surface area contributed by atoms with Crippen LogP contribution in [0.15, 0.2) is 78.4 Å². The van der Waals surface area contributed by atoms with Crippen molar-refractivity contribution in [3.05, 3.63) is 99.6 Å². The summed E-state index contributed by atoms with van der Waals surface area (Å²) in [5.41, 5.74) is 1.14. The minimum Gasteiger partial charge on any atom is -0.507 e. The highest BCUT2D eigenvalue weighted by Gasteiger charge is 2.48. The van der Waals surface area contributed by atoms with Gasteiger partial charge in [-0.3, -0.25) is 24.6 Å². The number of methoxy groups -OCH3 is 1. The van der Waals surface area contributed by atoms with Gasteiger partial charge in [-0.25, -0.2) is 4.98 Å². The predicted octanol–water partition coefficient (Wildman–Crippen LogP) is 4.84. The largest absolute Gasteiger partial charge is 0.507 e. The van der Waals surface area contributed by atoms with E-state index in [0.717, 1.165) is 4.70 Å². The average Bonchev–Trinajstić information content (AvgIpc) is 3.41. The SMILES string of the molecule is COc1ccc2nc(N3C(=O)C(=O)C(=C(O)c4ccccc4)[C@H]3c3ccc([N+](=O)[O-])cc3)sc2c1. The maximum absolute atomic E-state index is 13.3. The third-order valence-electron chi connectivity index (χ3n) is 5.70. The van der Waals surface area contributed by atoms with Gasteiger partial charge in [0.1, 0.15) is 11.5 Å². The number of aliphatic hydroxyl groups is 1. The van der Waals surface area contributed by atoms with Crippen molar-refractivity contribution in [1.29, 1.82) is 0 Å². The van der Waals surface area contributed by atoms with Crippen LogP contribution < -0.4 is 9.64 Å². The first-order valence-corrected chi connectivity index (χ1v) is 11.3. The number of fused-ring (bicyclic) bond motifs is 1. The van der Waals surface area contributed by atoms with E-state index in [4.69, 9.17) is 4.74 Å². The molecule has 0 spiro atoms. The number of Topliss-reactive ketones (excluding diaryl/α,β-unsaturated/α-hetero) is 1. The maximum atomic E-state index is 13.3. The smallest absolute Gasteiger partial charge is 0.301 e. The molecule has 0 aliphatic carbocycles. The summed E-state index contributed by atoms with van der Waals surface area (Å²) in [5.74, 6) is -1.44. The zero-order valence-electron chi connectivity index (χ0n) is 18.2. The van der Waals surface area contributed by atoms with Crippen molar-refractivity contribution in [2.24, 2.45) is 0 Å². The third-order valence-corrected chi connectivity index (χ3v) is 6.72. The molecule has 0 saturated carbocycles. The number of hydrogen-bond donors (Lipinski definition) is 1. The Morgan fingerprint density at radius 1 is 1.09 bits per heavy atom.